The van der Waals surface area contributed by atoms with Crippen LogP contribution in [0, 0.1) is 5.41 Å². The molecule has 5 heteroatoms. The zero-order valence-electron chi connectivity index (χ0n) is 15.5. The van der Waals surface area contributed by atoms with Gasteiger partial charge in [0.05, 0.1) is 14.2 Å². The lowest BCUT2D eigenvalue weighted by Gasteiger charge is -2.43. The Morgan fingerprint density at radius 3 is 2.52 bits per heavy atom. The SMILES string of the molecule is COc1cccc([C@H]2CC(C)(O)OC3=C2C(=O)CC(C)(C)C3)c1OC. The molecule has 0 radical (unpaired) electrons. The van der Waals surface area contributed by atoms with Crippen molar-refractivity contribution in [3.63, 3.8) is 0 Å². The lowest BCUT2D eigenvalue weighted by Crippen LogP contribution is -2.41. The Kier molecular flexibility index (Phi) is 4.31. The zero-order chi connectivity index (χ0) is 18.4. The number of ether oxygens (including phenoxy) is 3. The van der Waals surface area contributed by atoms with Crippen molar-refractivity contribution in [3.8, 4) is 11.5 Å². The third kappa shape index (κ3) is 3.25. The van der Waals surface area contributed by atoms with E-state index in [0.717, 1.165) is 5.56 Å². The van der Waals surface area contributed by atoms with Crippen LogP contribution in [-0.4, -0.2) is 30.9 Å². The second-order valence-corrected chi connectivity index (χ2v) is 7.89. The minimum Gasteiger partial charge on any atom is -0.493 e. The number of ketones is 1. The first-order valence-corrected chi connectivity index (χ1v) is 8.56. The van der Waals surface area contributed by atoms with Gasteiger partial charge in [-0.05, 0) is 11.5 Å². The van der Waals surface area contributed by atoms with E-state index in [-0.39, 0.29) is 17.1 Å². The highest BCUT2D eigenvalue weighted by atomic mass is 16.6. The molecule has 5 nitrogen and oxygen atoms in total. The number of para-hydroxylation sites is 1. The summed E-state index contributed by atoms with van der Waals surface area (Å²) in [6.45, 7) is 5.73. The third-order valence-electron chi connectivity index (χ3n) is 4.96. The number of aliphatic hydroxyl groups is 1. The largest absolute Gasteiger partial charge is 0.493 e. The van der Waals surface area contributed by atoms with Crippen LogP contribution in [0.3, 0.4) is 0 Å². The molecular formula is C20H26O5. The molecule has 136 valence electrons. The fourth-order valence-corrected chi connectivity index (χ4v) is 4.00. The molecule has 0 bridgehead atoms. The molecule has 1 aliphatic carbocycles. The first kappa shape index (κ1) is 17.8. The van der Waals surface area contributed by atoms with E-state index in [9.17, 15) is 9.90 Å². The summed E-state index contributed by atoms with van der Waals surface area (Å²) in [7, 11) is 3.17. The molecule has 0 amide bonds. The van der Waals surface area contributed by atoms with Gasteiger partial charge in [0.15, 0.2) is 17.3 Å². The van der Waals surface area contributed by atoms with Crippen LogP contribution in [0.4, 0.5) is 0 Å². The predicted molar refractivity (Wildman–Crippen MR) is 93.7 cm³/mol. The quantitative estimate of drug-likeness (QED) is 0.906. The summed E-state index contributed by atoms with van der Waals surface area (Å²) in [6.07, 6.45) is 1.40. The van der Waals surface area contributed by atoms with Crippen LogP contribution in [0.5, 0.6) is 11.5 Å². The molecular weight excluding hydrogens is 320 g/mol. The summed E-state index contributed by atoms with van der Waals surface area (Å²) in [4.78, 5) is 12.9. The van der Waals surface area contributed by atoms with Crippen molar-refractivity contribution in [2.45, 2.75) is 51.7 Å². The Morgan fingerprint density at radius 1 is 1.16 bits per heavy atom. The van der Waals surface area contributed by atoms with Crippen molar-refractivity contribution in [2.75, 3.05) is 14.2 Å². The molecule has 0 saturated carbocycles. The van der Waals surface area contributed by atoms with Gasteiger partial charge >= 0.3 is 0 Å². The topological polar surface area (TPSA) is 65.0 Å². The lowest BCUT2D eigenvalue weighted by atomic mass is 9.70. The van der Waals surface area contributed by atoms with Gasteiger partial charge in [-0.3, -0.25) is 4.79 Å². The van der Waals surface area contributed by atoms with Crippen LogP contribution in [0.25, 0.3) is 0 Å². The number of methoxy groups -OCH3 is 2. The number of Topliss-reactive ketones (excluding diaryl/α,β-unsaturated/α-hetero) is 1. The second-order valence-electron chi connectivity index (χ2n) is 7.89. The van der Waals surface area contributed by atoms with Crippen LogP contribution in [0.15, 0.2) is 29.5 Å². The van der Waals surface area contributed by atoms with E-state index >= 15 is 0 Å². The van der Waals surface area contributed by atoms with Crippen molar-refractivity contribution in [3.05, 3.63) is 35.1 Å². The van der Waals surface area contributed by atoms with E-state index < -0.39 is 5.79 Å². The van der Waals surface area contributed by atoms with Gasteiger partial charge < -0.3 is 19.3 Å². The summed E-state index contributed by atoms with van der Waals surface area (Å²) >= 11 is 0. The van der Waals surface area contributed by atoms with Crippen molar-refractivity contribution in [1.82, 2.24) is 0 Å². The number of allylic oxidation sites excluding steroid dienone is 2. The molecule has 1 aromatic carbocycles. The molecule has 0 spiro atoms. The number of hydrogen-bond donors (Lipinski definition) is 1. The molecule has 2 aliphatic rings. The zero-order valence-corrected chi connectivity index (χ0v) is 15.5. The maximum atomic E-state index is 12.9. The first-order valence-electron chi connectivity index (χ1n) is 8.56. The second kappa shape index (κ2) is 6.06. The Morgan fingerprint density at radius 2 is 1.88 bits per heavy atom. The monoisotopic (exact) mass is 346 g/mol. The van der Waals surface area contributed by atoms with E-state index in [1.165, 1.54) is 0 Å². The van der Waals surface area contributed by atoms with Gasteiger partial charge in [0.2, 0.25) is 5.79 Å². The highest BCUT2D eigenvalue weighted by Gasteiger charge is 2.46. The van der Waals surface area contributed by atoms with E-state index in [4.69, 9.17) is 14.2 Å². The van der Waals surface area contributed by atoms with Crippen LogP contribution < -0.4 is 9.47 Å². The molecule has 0 aromatic heterocycles. The molecule has 2 atom stereocenters. The molecule has 1 N–H and O–H groups in total. The fraction of sp³-hybridized carbons (Fsp3) is 0.550. The van der Waals surface area contributed by atoms with Gasteiger partial charge in [0.1, 0.15) is 5.76 Å². The third-order valence-corrected chi connectivity index (χ3v) is 4.96. The number of carbonyl (C=O) groups is 1. The van der Waals surface area contributed by atoms with Gasteiger partial charge in [0.25, 0.3) is 0 Å². The minimum atomic E-state index is -1.33. The molecule has 1 heterocycles. The van der Waals surface area contributed by atoms with Gasteiger partial charge in [0, 0.05) is 43.2 Å². The summed E-state index contributed by atoms with van der Waals surface area (Å²) in [5.74, 6) is 0.274. The van der Waals surface area contributed by atoms with Gasteiger partial charge in [-0.15, -0.1) is 0 Å². The summed E-state index contributed by atoms with van der Waals surface area (Å²) in [5, 5.41) is 10.7. The van der Waals surface area contributed by atoms with Crippen molar-refractivity contribution >= 4 is 5.78 Å². The van der Waals surface area contributed by atoms with Crippen LogP contribution >= 0.6 is 0 Å². The Bertz CT molecular complexity index is 726. The number of benzene rings is 1. The van der Waals surface area contributed by atoms with E-state index in [0.29, 0.717) is 42.1 Å². The predicted octanol–water partition coefficient (Wildman–Crippen LogP) is 3.56. The molecule has 0 fully saturated rings. The number of hydrogen-bond acceptors (Lipinski definition) is 5. The van der Waals surface area contributed by atoms with E-state index in [1.807, 2.05) is 32.0 Å². The Balaban J connectivity index is 2.17. The average Bonchev–Trinajstić information content (AvgIpc) is 2.50. The summed E-state index contributed by atoms with van der Waals surface area (Å²) in [6, 6.07) is 5.62. The molecule has 1 unspecified atom stereocenters. The number of carbonyl (C=O) groups excluding carboxylic acids is 1. The van der Waals surface area contributed by atoms with Crippen LogP contribution in [-0.2, 0) is 9.53 Å². The van der Waals surface area contributed by atoms with E-state index in [1.54, 1.807) is 21.1 Å². The summed E-state index contributed by atoms with van der Waals surface area (Å²) in [5.41, 5.74) is 1.33. The highest BCUT2D eigenvalue weighted by Crippen LogP contribution is 2.51. The van der Waals surface area contributed by atoms with Gasteiger partial charge in [-0.1, -0.05) is 26.0 Å². The Hall–Kier alpha value is -2.01. The molecule has 25 heavy (non-hydrogen) atoms. The van der Waals surface area contributed by atoms with E-state index in [2.05, 4.69) is 0 Å². The maximum Gasteiger partial charge on any atom is 0.205 e. The van der Waals surface area contributed by atoms with Crippen molar-refractivity contribution in [1.29, 1.82) is 0 Å². The van der Waals surface area contributed by atoms with Crippen molar-refractivity contribution in [2.24, 2.45) is 5.41 Å². The highest BCUT2D eigenvalue weighted by molar-refractivity contribution is 5.99. The average molecular weight is 346 g/mol. The minimum absolute atomic E-state index is 0.0802. The fourth-order valence-electron chi connectivity index (χ4n) is 4.00. The smallest absolute Gasteiger partial charge is 0.205 e. The number of rotatable bonds is 3. The molecule has 1 aromatic rings. The molecule has 0 saturated heterocycles. The van der Waals surface area contributed by atoms with Crippen molar-refractivity contribution < 1.29 is 24.1 Å². The molecule has 3 rings (SSSR count). The lowest BCUT2D eigenvalue weighted by molar-refractivity contribution is -0.184. The molecule has 1 aliphatic heterocycles. The van der Waals surface area contributed by atoms with Gasteiger partial charge in [-0.2, -0.15) is 0 Å². The maximum absolute atomic E-state index is 12.9. The normalized spacial score (nSPS) is 28.2. The van der Waals surface area contributed by atoms with Crippen LogP contribution in [0.2, 0.25) is 0 Å². The summed E-state index contributed by atoms with van der Waals surface area (Å²) < 4.78 is 16.8. The standard InChI is InChI=1S/C20H26O5/c1-19(2)10-14(21)17-13(9-20(3,22)25-16(17)11-19)12-7-6-8-15(23-4)18(12)24-5/h6-8,13,22H,9-11H2,1-5H3/t13-,20?/m1/s1. The van der Waals surface area contributed by atoms with Gasteiger partial charge in [-0.25, -0.2) is 0 Å². The van der Waals surface area contributed by atoms with Crippen LogP contribution in [0.1, 0.15) is 51.5 Å². The first-order chi connectivity index (χ1) is 11.7. The Labute approximate surface area is 148 Å².